The first-order valence-electron chi connectivity index (χ1n) is 9.38. The topological polar surface area (TPSA) is 70.2 Å². The van der Waals surface area contributed by atoms with Crippen molar-refractivity contribution in [2.45, 2.75) is 36.5 Å². The average molecular weight is 372 g/mol. The fourth-order valence-electron chi connectivity index (χ4n) is 5.21. The highest BCUT2D eigenvalue weighted by atomic mass is 32.2. The van der Waals surface area contributed by atoms with Gasteiger partial charge in [-0.05, 0) is 25.7 Å². The summed E-state index contributed by atoms with van der Waals surface area (Å²) in [5.74, 6) is 0.615. The van der Waals surface area contributed by atoms with Crippen molar-refractivity contribution in [1.29, 1.82) is 0 Å². The van der Waals surface area contributed by atoms with Gasteiger partial charge in [-0.15, -0.1) is 0 Å². The van der Waals surface area contributed by atoms with E-state index in [-0.39, 0.29) is 22.6 Å². The van der Waals surface area contributed by atoms with Gasteiger partial charge in [-0.25, -0.2) is 12.7 Å². The summed E-state index contributed by atoms with van der Waals surface area (Å²) in [6.45, 7) is 4.38. The number of hydrogen-bond donors (Lipinski definition) is 0. The molecule has 0 aromatic rings. The van der Waals surface area contributed by atoms with E-state index in [1.165, 1.54) is 0 Å². The summed E-state index contributed by atoms with van der Waals surface area (Å²) in [5, 5.41) is -0.145. The number of piperidine rings is 1. The maximum atomic E-state index is 12.8. The summed E-state index contributed by atoms with van der Waals surface area (Å²) in [6.07, 6.45) is 3.14. The highest BCUT2D eigenvalue weighted by molar-refractivity contribution is 7.90. The molecule has 1 aliphatic carbocycles. The molecule has 3 aliphatic heterocycles. The van der Waals surface area contributed by atoms with Crippen LogP contribution in [0.4, 0.5) is 0 Å². The van der Waals surface area contributed by atoms with Crippen molar-refractivity contribution in [3.05, 3.63) is 0 Å². The van der Waals surface area contributed by atoms with E-state index in [0.717, 1.165) is 45.3 Å². The monoisotopic (exact) mass is 371 g/mol. The zero-order valence-electron chi connectivity index (χ0n) is 15.2. The minimum atomic E-state index is -3.11. The summed E-state index contributed by atoms with van der Waals surface area (Å²) in [6, 6.07) is 0. The van der Waals surface area contributed by atoms with Crippen molar-refractivity contribution in [1.82, 2.24) is 14.1 Å². The van der Waals surface area contributed by atoms with E-state index in [9.17, 15) is 13.2 Å². The average Bonchev–Trinajstić information content (AvgIpc) is 3.36. The minimum Gasteiger partial charge on any atom is -0.383 e. The number of sulfonamides is 1. The van der Waals surface area contributed by atoms with Gasteiger partial charge in [0.15, 0.2) is 0 Å². The number of fused-ring (bicyclic) bond motifs is 2. The van der Waals surface area contributed by atoms with Gasteiger partial charge < -0.3 is 9.64 Å². The first-order chi connectivity index (χ1) is 11.9. The number of rotatable bonds is 5. The number of likely N-dealkylation sites (tertiary alicyclic amines) is 2. The third-order valence-corrected chi connectivity index (χ3v) is 9.31. The number of amides is 1. The minimum absolute atomic E-state index is 0.0634. The van der Waals surface area contributed by atoms with Crippen LogP contribution in [0.25, 0.3) is 0 Å². The number of nitrogens with zero attached hydrogens (tertiary/aromatic N) is 3. The van der Waals surface area contributed by atoms with Crippen molar-refractivity contribution < 1.29 is 17.9 Å². The van der Waals surface area contributed by atoms with Crippen LogP contribution in [0.3, 0.4) is 0 Å². The van der Waals surface area contributed by atoms with Crippen molar-refractivity contribution in [2.75, 3.05) is 53.5 Å². The Morgan fingerprint density at radius 3 is 2.48 bits per heavy atom. The zero-order chi connectivity index (χ0) is 17.8. The normalized spacial score (nSPS) is 33.4. The maximum absolute atomic E-state index is 12.8. The predicted octanol–water partition coefficient (Wildman–Crippen LogP) is -0.0204. The fourth-order valence-corrected chi connectivity index (χ4v) is 7.06. The van der Waals surface area contributed by atoms with E-state index in [0.29, 0.717) is 25.6 Å². The molecule has 25 heavy (non-hydrogen) atoms. The Labute approximate surface area is 150 Å². The van der Waals surface area contributed by atoms with Crippen LogP contribution in [0.1, 0.15) is 25.7 Å². The Balaban J connectivity index is 1.48. The molecule has 0 N–H and O–H groups in total. The fraction of sp³-hybridized carbons (Fsp3) is 0.941. The van der Waals surface area contributed by atoms with Crippen LogP contribution in [0.15, 0.2) is 0 Å². The molecule has 142 valence electrons. The Morgan fingerprint density at radius 2 is 1.88 bits per heavy atom. The number of hydrogen-bond acceptors (Lipinski definition) is 5. The molecule has 8 heteroatoms. The molecule has 1 saturated carbocycles. The second kappa shape index (κ2) is 6.18. The Morgan fingerprint density at radius 1 is 1.20 bits per heavy atom. The summed E-state index contributed by atoms with van der Waals surface area (Å²) in [5.41, 5.74) is -0.168. The SMILES string of the molecule is COCCN1C[C@H]2C(=O)N(C)C3(CCN(S(=O)(=O)C4CC4)CC3)[C@H]2C1. The van der Waals surface area contributed by atoms with E-state index in [2.05, 4.69) is 4.90 Å². The summed E-state index contributed by atoms with van der Waals surface area (Å²) >= 11 is 0. The summed E-state index contributed by atoms with van der Waals surface area (Å²) in [4.78, 5) is 17.1. The third kappa shape index (κ3) is 2.72. The van der Waals surface area contributed by atoms with Crippen LogP contribution in [0.5, 0.6) is 0 Å². The lowest BCUT2D eigenvalue weighted by Gasteiger charge is -2.46. The van der Waals surface area contributed by atoms with Gasteiger partial charge in [0.1, 0.15) is 0 Å². The van der Waals surface area contributed by atoms with Crippen molar-refractivity contribution in [3.8, 4) is 0 Å². The lowest BCUT2D eigenvalue weighted by atomic mass is 9.75. The van der Waals surface area contributed by atoms with Crippen LogP contribution in [-0.2, 0) is 19.6 Å². The van der Waals surface area contributed by atoms with Crippen LogP contribution in [-0.4, -0.2) is 92.7 Å². The van der Waals surface area contributed by atoms with E-state index in [1.54, 1.807) is 11.4 Å². The second-order valence-corrected chi connectivity index (χ2v) is 10.3. The van der Waals surface area contributed by atoms with Crippen molar-refractivity contribution in [3.63, 3.8) is 0 Å². The van der Waals surface area contributed by atoms with E-state index < -0.39 is 10.0 Å². The van der Waals surface area contributed by atoms with Gasteiger partial charge in [0.25, 0.3) is 0 Å². The molecule has 0 aromatic carbocycles. The number of carbonyl (C=O) groups excluding carboxylic acids is 1. The van der Waals surface area contributed by atoms with Crippen molar-refractivity contribution in [2.24, 2.45) is 11.8 Å². The van der Waals surface area contributed by atoms with E-state index in [4.69, 9.17) is 4.74 Å². The number of ether oxygens (including phenoxy) is 1. The van der Waals surface area contributed by atoms with Crippen LogP contribution >= 0.6 is 0 Å². The molecule has 3 saturated heterocycles. The molecule has 4 rings (SSSR count). The predicted molar refractivity (Wildman–Crippen MR) is 93.5 cm³/mol. The largest absolute Gasteiger partial charge is 0.383 e. The molecule has 7 nitrogen and oxygen atoms in total. The molecule has 4 fully saturated rings. The Kier molecular flexibility index (Phi) is 4.38. The molecular formula is C17H29N3O4S. The first-order valence-corrected chi connectivity index (χ1v) is 10.9. The second-order valence-electron chi connectivity index (χ2n) is 8.11. The van der Waals surface area contributed by atoms with Crippen molar-refractivity contribution >= 4 is 15.9 Å². The van der Waals surface area contributed by atoms with Gasteiger partial charge in [0, 0.05) is 58.3 Å². The van der Waals surface area contributed by atoms with Crippen LogP contribution < -0.4 is 0 Å². The third-order valence-electron chi connectivity index (χ3n) is 6.91. The van der Waals surface area contributed by atoms with Crippen LogP contribution in [0.2, 0.25) is 0 Å². The van der Waals surface area contributed by atoms with Gasteiger partial charge in [-0.3, -0.25) is 9.69 Å². The maximum Gasteiger partial charge on any atom is 0.227 e. The number of methoxy groups -OCH3 is 1. The van der Waals surface area contributed by atoms with E-state index in [1.807, 2.05) is 11.9 Å². The first kappa shape index (κ1) is 17.7. The molecular weight excluding hydrogens is 342 g/mol. The highest BCUT2D eigenvalue weighted by Crippen LogP contribution is 2.49. The Bertz CT molecular complexity index is 640. The lowest BCUT2D eigenvalue weighted by Crippen LogP contribution is -2.57. The van der Waals surface area contributed by atoms with Gasteiger partial charge in [0.05, 0.1) is 17.8 Å². The molecule has 3 heterocycles. The molecule has 0 radical (unpaired) electrons. The van der Waals surface area contributed by atoms with Gasteiger partial charge in [0.2, 0.25) is 15.9 Å². The highest BCUT2D eigenvalue weighted by Gasteiger charge is 2.61. The zero-order valence-corrected chi connectivity index (χ0v) is 16.0. The molecule has 0 unspecified atom stereocenters. The standard InChI is InChI=1S/C17H29N3O4S/c1-18-16(21)14-11-19(9-10-24-2)12-15(14)17(18)5-7-20(8-6-17)25(22,23)13-3-4-13/h13-15H,3-12H2,1-2H3/t14-,15+/m1/s1. The molecule has 1 amide bonds. The lowest BCUT2D eigenvalue weighted by molar-refractivity contribution is -0.133. The molecule has 1 spiro atoms. The molecule has 0 aromatic heterocycles. The molecule has 2 atom stereocenters. The quantitative estimate of drug-likeness (QED) is 0.679. The van der Waals surface area contributed by atoms with Crippen LogP contribution in [0, 0.1) is 11.8 Å². The van der Waals surface area contributed by atoms with Gasteiger partial charge >= 0.3 is 0 Å². The Hall–Kier alpha value is -0.700. The smallest absolute Gasteiger partial charge is 0.227 e. The van der Waals surface area contributed by atoms with Gasteiger partial charge in [-0.2, -0.15) is 0 Å². The molecule has 0 bridgehead atoms. The van der Waals surface area contributed by atoms with Gasteiger partial charge in [-0.1, -0.05) is 0 Å². The summed E-state index contributed by atoms with van der Waals surface area (Å²) in [7, 11) is 0.516. The summed E-state index contributed by atoms with van der Waals surface area (Å²) < 4.78 is 31.9. The molecule has 4 aliphatic rings. The van der Waals surface area contributed by atoms with E-state index >= 15 is 0 Å². The number of carbonyl (C=O) groups is 1.